The number of aromatic nitrogens is 1. The molecule has 0 aliphatic heterocycles. The van der Waals surface area contributed by atoms with Gasteiger partial charge in [0.1, 0.15) is 5.01 Å². The number of carbonyl (C=O) groups excluding carboxylic acids is 2. The van der Waals surface area contributed by atoms with E-state index < -0.39 is 0 Å². The summed E-state index contributed by atoms with van der Waals surface area (Å²) < 4.78 is 4.93. The fraction of sp³-hybridized carbons (Fsp3) is 0.167. The van der Waals surface area contributed by atoms with Crippen LogP contribution in [0.1, 0.15) is 23.0 Å². The van der Waals surface area contributed by atoms with Gasteiger partial charge in [0.15, 0.2) is 0 Å². The third-order valence-corrected chi connectivity index (χ3v) is 5.24. The van der Waals surface area contributed by atoms with Gasteiger partial charge in [0.2, 0.25) is 5.91 Å². The van der Waals surface area contributed by atoms with Gasteiger partial charge in [-0.3, -0.25) is 4.79 Å². The van der Waals surface area contributed by atoms with Gasteiger partial charge in [0, 0.05) is 11.1 Å². The zero-order chi connectivity index (χ0) is 17.6. The number of hydrogen-bond donors (Lipinski definition) is 1. The number of thiophene rings is 1. The molecule has 0 bridgehead atoms. The van der Waals surface area contributed by atoms with Crippen LogP contribution in [0.25, 0.3) is 9.88 Å². The lowest BCUT2D eigenvalue weighted by Crippen LogP contribution is -2.14. The summed E-state index contributed by atoms with van der Waals surface area (Å²) in [7, 11) is 0. The van der Waals surface area contributed by atoms with Crippen molar-refractivity contribution in [2.45, 2.75) is 13.3 Å². The Labute approximate surface area is 153 Å². The van der Waals surface area contributed by atoms with Crippen molar-refractivity contribution in [2.24, 2.45) is 0 Å². The van der Waals surface area contributed by atoms with Crippen LogP contribution in [0.4, 0.5) is 5.69 Å². The van der Waals surface area contributed by atoms with Crippen LogP contribution in [0.15, 0.2) is 47.2 Å². The average Bonchev–Trinajstić information content (AvgIpc) is 3.27. The van der Waals surface area contributed by atoms with Crippen LogP contribution in [0.5, 0.6) is 0 Å². The highest BCUT2D eigenvalue weighted by atomic mass is 32.1. The Hall–Kier alpha value is -2.51. The summed E-state index contributed by atoms with van der Waals surface area (Å²) in [5.74, 6) is -0.518. The fourth-order valence-corrected chi connectivity index (χ4v) is 3.81. The molecule has 0 spiro atoms. The van der Waals surface area contributed by atoms with Crippen molar-refractivity contribution in [1.82, 2.24) is 4.98 Å². The zero-order valence-electron chi connectivity index (χ0n) is 13.5. The molecule has 0 saturated heterocycles. The highest BCUT2D eigenvalue weighted by Crippen LogP contribution is 2.27. The maximum atomic E-state index is 12.2. The molecule has 2 heterocycles. The summed E-state index contributed by atoms with van der Waals surface area (Å²) in [6.45, 7) is 2.09. The molecule has 0 aliphatic rings. The number of esters is 1. The van der Waals surface area contributed by atoms with E-state index in [-0.39, 0.29) is 18.3 Å². The molecule has 0 radical (unpaired) electrons. The van der Waals surface area contributed by atoms with Gasteiger partial charge >= 0.3 is 5.97 Å². The monoisotopic (exact) mass is 372 g/mol. The second kappa shape index (κ2) is 8.04. The van der Waals surface area contributed by atoms with Crippen LogP contribution >= 0.6 is 22.7 Å². The predicted molar refractivity (Wildman–Crippen MR) is 100 cm³/mol. The molecule has 0 unspecified atom stereocenters. The molecule has 1 aromatic carbocycles. The summed E-state index contributed by atoms with van der Waals surface area (Å²) in [6, 6.07) is 10.6. The third-order valence-electron chi connectivity index (χ3n) is 3.31. The number of benzene rings is 1. The fourth-order valence-electron chi connectivity index (χ4n) is 2.18. The quantitative estimate of drug-likeness (QED) is 0.658. The third kappa shape index (κ3) is 4.52. The zero-order valence-corrected chi connectivity index (χ0v) is 15.2. The first-order valence-corrected chi connectivity index (χ1v) is 9.47. The summed E-state index contributed by atoms with van der Waals surface area (Å²) in [5.41, 5.74) is 1.83. The van der Waals surface area contributed by atoms with Gasteiger partial charge in [-0.15, -0.1) is 22.7 Å². The van der Waals surface area contributed by atoms with Gasteiger partial charge in [-0.1, -0.05) is 6.07 Å². The summed E-state index contributed by atoms with van der Waals surface area (Å²) >= 11 is 3.16. The Morgan fingerprint density at radius 1 is 1.16 bits per heavy atom. The molecule has 1 N–H and O–H groups in total. The van der Waals surface area contributed by atoms with E-state index in [9.17, 15) is 9.59 Å². The Morgan fingerprint density at radius 2 is 1.96 bits per heavy atom. The van der Waals surface area contributed by atoms with Crippen molar-refractivity contribution in [1.29, 1.82) is 0 Å². The number of ether oxygens (including phenoxy) is 1. The molecule has 0 saturated carbocycles. The van der Waals surface area contributed by atoms with Gasteiger partial charge in [-0.05, 0) is 42.6 Å². The van der Waals surface area contributed by atoms with Crippen LogP contribution in [0.3, 0.4) is 0 Å². The second-order valence-electron chi connectivity index (χ2n) is 5.14. The molecular weight excluding hydrogens is 356 g/mol. The molecule has 0 fully saturated rings. The largest absolute Gasteiger partial charge is 0.462 e. The lowest BCUT2D eigenvalue weighted by molar-refractivity contribution is -0.115. The standard InChI is InChI=1S/C18H16N2O3S2/c1-2-23-18(22)12-5-7-13(8-6-12)19-16(21)10-14-11-25-17(20-14)15-4-3-9-24-15/h3-9,11H,2,10H2,1H3,(H,19,21). The molecule has 0 atom stereocenters. The molecule has 0 aliphatic carbocycles. The van der Waals surface area contributed by atoms with Crippen molar-refractivity contribution >= 4 is 40.2 Å². The van der Waals surface area contributed by atoms with E-state index in [4.69, 9.17) is 4.74 Å². The minimum Gasteiger partial charge on any atom is -0.462 e. The van der Waals surface area contributed by atoms with Crippen molar-refractivity contribution in [3.63, 3.8) is 0 Å². The first-order chi connectivity index (χ1) is 12.2. The Morgan fingerprint density at radius 3 is 2.64 bits per heavy atom. The maximum Gasteiger partial charge on any atom is 0.338 e. The lowest BCUT2D eigenvalue weighted by atomic mass is 10.2. The van der Waals surface area contributed by atoms with E-state index in [1.807, 2.05) is 22.9 Å². The Bertz CT molecular complexity index is 855. The minimum absolute atomic E-state index is 0.146. The van der Waals surface area contributed by atoms with E-state index in [1.54, 1.807) is 42.5 Å². The topological polar surface area (TPSA) is 68.3 Å². The molecule has 2 aromatic heterocycles. The van der Waals surface area contributed by atoms with Crippen molar-refractivity contribution in [2.75, 3.05) is 11.9 Å². The van der Waals surface area contributed by atoms with Crippen molar-refractivity contribution in [3.8, 4) is 9.88 Å². The first-order valence-electron chi connectivity index (χ1n) is 7.71. The molecular formula is C18H16N2O3S2. The van der Waals surface area contributed by atoms with Gasteiger partial charge < -0.3 is 10.1 Å². The van der Waals surface area contributed by atoms with Crippen LogP contribution in [0, 0.1) is 0 Å². The number of carbonyl (C=O) groups is 2. The molecule has 5 nitrogen and oxygen atoms in total. The van der Waals surface area contributed by atoms with E-state index >= 15 is 0 Å². The smallest absolute Gasteiger partial charge is 0.338 e. The first kappa shape index (κ1) is 17.3. The summed E-state index contributed by atoms with van der Waals surface area (Å²) in [5, 5.41) is 7.64. The molecule has 3 rings (SSSR count). The number of nitrogens with zero attached hydrogens (tertiary/aromatic N) is 1. The number of hydrogen-bond acceptors (Lipinski definition) is 6. The molecule has 128 valence electrons. The number of amides is 1. The normalized spacial score (nSPS) is 10.4. The van der Waals surface area contributed by atoms with E-state index in [0.717, 1.165) is 15.6 Å². The van der Waals surface area contributed by atoms with Crippen LogP contribution in [0.2, 0.25) is 0 Å². The summed E-state index contributed by atoms with van der Waals surface area (Å²) in [6.07, 6.45) is 0.210. The van der Waals surface area contributed by atoms with Gasteiger partial charge in [-0.2, -0.15) is 0 Å². The number of nitrogens with one attached hydrogen (secondary N) is 1. The number of anilines is 1. The minimum atomic E-state index is -0.371. The van der Waals surface area contributed by atoms with E-state index in [0.29, 0.717) is 17.9 Å². The van der Waals surface area contributed by atoms with Crippen molar-refractivity contribution in [3.05, 3.63) is 58.4 Å². The maximum absolute atomic E-state index is 12.2. The number of thiazole rings is 1. The SMILES string of the molecule is CCOC(=O)c1ccc(NC(=O)Cc2csc(-c3cccs3)n2)cc1. The molecule has 1 amide bonds. The molecule has 25 heavy (non-hydrogen) atoms. The predicted octanol–water partition coefficient (Wildman–Crippen LogP) is 4.23. The van der Waals surface area contributed by atoms with Gasteiger partial charge in [0.05, 0.1) is 29.2 Å². The van der Waals surface area contributed by atoms with Crippen LogP contribution < -0.4 is 5.32 Å². The highest BCUT2D eigenvalue weighted by Gasteiger charge is 2.11. The number of rotatable bonds is 6. The van der Waals surface area contributed by atoms with E-state index in [2.05, 4.69) is 10.3 Å². The Balaban J connectivity index is 1.58. The van der Waals surface area contributed by atoms with Crippen LogP contribution in [-0.2, 0) is 16.0 Å². The van der Waals surface area contributed by atoms with Crippen LogP contribution in [-0.4, -0.2) is 23.5 Å². The highest BCUT2D eigenvalue weighted by molar-refractivity contribution is 7.20. The van der Waals surface area contributed by atoms with E-state index in [1.165, 1.54) is 11.3 Å². The molecule has 3 aromatic rings. The lowest BCUT2D eigenvalue weighted by Gasteiger charge is -2.05. The van der Waals surface area contributed by atoms with Gasteiger partial charge in [-0.25, -0.2) is 9.78 Å². The molecule has 7 heteroatoms. The van der Waals surface area contributed by atoms with Gasteiger partial charge in [0.25, 0.3) is 0 Å². The average molecular weight is 372 g/mol. The Kier molecular flexibility index (Phi) is 5.57. The summed E-state index contributed by atoms with van der Waals surface area (Å²) in [4.78, 5) is 29.4. The van der Waals surface area contributed by atoms with Crippen molar-refractivity contribution < 1.29 is 14.3 Å². The second-order valence-corrected chi connectivity index (χ2v) is 6.95.